The Balaban J connectivity index is 1.50. The Morgan fingerprint density at radius 3 is 3.07 bits per heavy atom. The zero-order chi connectivity index (χ0) is 20.4. The van der Waals surface area contributed by atoms with Gasteiger partial charge >= 0.3 is 0 Å². The molecule has 0 saturated heterocycles. The summed E-state index contributed by atoms with van der Waals surface area (Å²) in [6, 6.07) is 3.66. The molecule has 0 fully saturated rings. The summed E-state index contributed by atoms with van der Waals surface area (Å²) in [7, 11) is 1.65. The molecular weight excluding hydrogens is 396 g/mol. The molecule has 154 valence electrons. The number of methoxy groups -OCH3 is 1. The van der Waals surface area contributed by atoms with Crippen LogP contribution in [-0.2, 0) is 30.7 Å². The van der Waals surface area contributed by atoms with Gasteiger partial charge in [-0.2, -0.15) is 0 Å². The third-order valence-corrected chi connectivity index (χ3v) is 6.53. The molecule has 0 amide bonds. The number of rotatable bonds is 7. The third-order valence-electron chi connectivity index (χ3n) is 5.37. The normalized spacial score (nSPS) is 16.3. The predicted molar refractivity (Wildman–Crippen MR) is 109 cm³/mol. The van der Waals surface area contributed by atoms with Crippen LogP contribution in [0.4, 0.5) is 8.78 Å². The first-order chi connectivity index (χ1) is 14.1. The Morgan fingerprint density at radius 2 is 2.24 bits per heavy atom. The summed E-state index contributed by atoms with van der Waals surface area (Å²) >= 11 is 1.56. The zero-order valence-corrected chi connectivity index (χ0v) is 17.0. The third kappa shape index (κ3) is 4.24. The summed E-state index contributed by atoms with van der Waals surface area (Å²) in [5, 5.41) is 4.07. The lowest BCUT2D eigenvalue weighted by Gasteiger charge is -2.23. The van der Waals surface area contributed by atoms with Crippen LogP contribution in [0.15, 0.2) is 29.3 Å². The highest BCUT2D eigenvalue weighted by atomic mass is 32.1. The minimum absolute atomic E-state index is 0.0110. The van der Waals surface area contributed by atoms with Crippen molar-refractivity contribution in [3.63, 3.8) is 0 Å². The van der Waals surface area contributed by atoms with E-state index in [-0.39, 0.29) is 18.1 Å². The molecule has 0 spiro atoms. The average Bonchev–Trinajstić information content (AvgIpc) is 3.09. The molecule has 2 heterocycles. The quantitative estimate of drug-likeness (QED) is 0.597. The van der Waals surface area contributed by atoms with Crippen LogP contribution in [0, 0.1) is 11.6 Å². The number of thiophene rings is 1. The van der Waals surface area contributed by atoms with Crippen molar-refractivity contribution in [2.75, 3.05) is 13.7 Å². The molecule has 0 radical (unpaired) electrons. The van der Waals surface area contributed by atoms with Gasteiger partial charge in [-0.1, -0.05) is 0 Å². The SMILES string of the molecule is COCCCn1cnc2sc3c(c2c1=O)CCC(NCc1cc(F)ccc1F)C3. The van der Waals surface area contributed by atoms with E-state index in [0.717, 1.165) is 58.5 Å². The number of hydrogen-bond acceptors (Lipinski definition) is 5. The standard InChI is InChI=1S/C21H23F2N3O2S/c1-28-8-2-7-26-12-25-20-19(21(26)27)16-5-4-15(10-18(16)29-20)24-11-13-9-14(22)3-6-17(13)23/h3,6,9,12,15,24H,2,4-5,7-8,10-11H2,1H3. The number of aromatic nitrogens is 2. The van der Waals surface area contributed by atoms with Gasteiger partial charge in [0.25, 0.3) is 5.56 Å². The molecule has 2 aromatic heterocycles. The van der Waals surface area contributed by atoms with Crippen molar-refractivity contribution in [3.8, 4) is 0 Å². The molecule has 1 aliphatic carbocycles. The van der Waals surface area contributed by atoms with Gasteiger partial charge in [0, 0.05) is 43.3 Å². The van der Waals surface area contributed by atoms with E-state index in [4.69, 9.17) is 4.74 Å². The summed E-state index contributed by atoms with van der Waals surface area (Å²) in [6.07, 6.45) is 4.76. The maximum atomic E-state index is 13.8. The molecule has 1 unspecified atom stereocenters. The van der Waals surface area contributed by atoms with Crippen molar-refractivity contribution < 1.29 is 13.5 Å². The Kier molecular flexibility index (Phi) is 6.03. The van der Waals surface area contributed by atoms with Crippen molar-refractivity contribution in [1.29, 1.82) is 0 Å². The Hall–Kier alpha value is -2.16. The number of halogens is 2. The van der Waals surface area contributed by atoms with Crippen LogP contribution in [0.25, 0.3) is 10.2 Å². The second kappa shape index (κ2) is 8.69. The van der Waals surface area contributed by atoms with Gasteiger partial charge in [-0.3, -0.25) is 9.36 Å². The first kappa shape index (κ1) is 20.1. The summed E-state index contributed by atoms with van der Waals surface area (Å²) in [5.41, 5.74) is 1.43. The van der Waals surface area contributed by atoms with E-state index in [1.807, 2.05) is 0 Å². The monoisotopic (exact) mass is 419 g/mol. The second-order valence-electron chi connectivity index (χ2n) is 7.33. The summed E-state index contributed by atoms with van der Waals surface area (Å²) in [6.45, 7) is 1.47. The fourth-order valence-corrected chi connectivity index (χ4v) is 5.10. The molecular formula is C21H23F2N3O2S. The van der Waals surface area contributed by atoms with Crippen LogP contribution in [0.5, 0.6) is 0 Å². The molecule has 1 aliphatic rings. The van der Waals surface area contributed by atoms with Gasteiger partial charge in [0.15, 0.2) is 0 Å². The molecule has 29 heavy (non-hydrogen) atoms. The van der Waals surface area contributed by atoms with Crippen LogP contribution in [0.2, 0.25) is 0 Å². The summed E-state index contributed by atoms with van der Waals surface area (Å²) < 4.78 is 33.9. The first-order valence-electron chi connectivity index (χ1n) is 9.72. The Bertz CT molecular complexity index is 1080. The van der Waals surface area contributed by atoms with E-state index < -0.39 is 11.6 Å². The van der Waals surface area contributed by atoms with Gasteiger partial charge in [-0.05, 0) is 49.4 Å². The topological polar surface area (TPSA) is 56.2 Å². The maximum Gasteiger partial charge on any atom is 0.262 e. The smallest absolute Gasteiger partial charge is 0.262 e. The molecule has 0 bridgehead atoms. The number of ether oxygens (including phenoxy) is 1. The minimum Gasteiger partial charge on any atom is -0.385 e. The van der Waals surface area contributed by atoms with Gasteiger partial charge in [0.2, 0.25) is 0 Å². The number of nitrogens with zero attached hydrogens (tertiary/aromatic N) is 2. The fourth-order valence-electron chi connectivity index (χ4n) is 3.85. The van der Waals surface area contributed by atoms with E-state index in [0.29, 0.717) is 18.7 Å². The second-order valence-corrected chi connectivity index (χ2v) is 8.41. The van der Waals surface area contributed by atoms with Crippen molar-refractivity contribution in [2.45, 2.75) is 44.8 Å². The lowest BCUT2D eigenvalue weighted by molar-refractivity contribution is 0.190. The lowest BCUT2D eigenvalue weighted by Crippen LogP contribution is -2.34. The number of aryl methyl sites for hydroxylation is 2. The molecule has 3 aromatic rings. The molecule has 1 N–H and O–H groups in total. The van der Waals surface area contributed by atoms with Gasteiger partial charge < -0.3 is 10.1 Å². The van der Waals surface area contributed by atoms with Gasteiger partial charge in [-0.15, -0.1) is 11.3 Å². The first-order valence-corrected chi connectivity index (χ1v) is 10.5. The van der Waals surface area contributed by atoms with Crippen molar-refractivity contribution in [3.05, 3.63) is 62.5 Å². The highest BCUT2D eigenvalue weighted by Gasteiger charge is 2.25. The maximum absolute atomic E-state index is 13.8. The van der Waals surface area contributed by atoms with E-state index in [9.17, 15) is 13.6 Å². The number of nitrogens with one attached hydrogen (secondary N) is 1. The average molecular weight is 419 g/mol. The van der Waals surface area contributed by atoms with E-state index in [1.165, 1.54) is 6.07 Å². The van der Waals surface area contributed by atoms with Crippen LogP contribution in [-0.4, -0.2) is 29.3 Å². The zero-order valence-electron chi connectivity index (χ0n) is 16.2. The fraction of sp³-hybridized carbons (Fsp3) is 0.429. The number of fused-ring (bicyclic) bond motifs is 3. The van der Waals surface area contributed by atoms with Gasteiger partial charge in [0.05, 0.1) is 11.7 Å². The highest BCUT2D eigenvalue weighted by Crippen LogP contribution is 2.33. The Labute approximate surface area is 171 Å². The number of hydrogen-bond donors (Lipinski definition) is 1. The molecule has 8 heteroatoms. The van der Waals surface area contributed by atoms with Crippen LogP contribution < -0.4 is 10.9 Å². The van der Waals surface area contributed by atoms with Gasteiger partial charge in [-0.25, -0.2) is 13.8 Å². The molecule has 5 nitrogen and oxygen atoms in total. The largest absolute Gasteiger partial charge is 0.385 e. The molecule has 0 aliphatic heterocycles. The predicted octanol–water partition coefficient (Wildman–Crippen LogP) is 3.42. The molecule has 4 rings (SSSR count). The summed E-state index contributed by atoms with van der Waals surface area (Å²) in [4.78, 5) is 19.3. The Morgan fingerprint density at radius 1 is 1.38 bits per heavy atom. The van der Waals surface area contributed by atoms with E-state index in [1.54, 1.807) is 29.3 Å². The molecule has 1 atom stereocenters. The van der Waals surface area contributed by atoms with Gasteiger partial charge in [0.1, 0.15) is 16.5 Å². The summed E-state index contributed by atoms with van der Waals surface area (Å²) in [5.74, 6) is -0.845. The van der Waals surface area contributed by atoms with E-state index in [2.05, 4.69) is 10.3 Å². The molecule has 0 saturated carbocycles. The van der Waals surface area contributed by atoms with E-state index >= 15 is 0 Å². The van der Waals surface area contributed by atoms with Crippen molar-refractivity contribution in [2.24, 2.45) is 0 Å². The van der Waals surface area contributed by atoms with Crippen molar-refractivity contribution in [1.82, 2.24) is 14.9 Å². The lowest BCUT2D eigenvalue weighted by atomic mass is 9.93. The van der Waals surface area contributed by atoms with Crippen LogP contribution >= 0.6 is 11.3 Å². The minimum atomic E-state index is -0.438. The molecule has 1 aromatic carbocycles. The number of benzene rings is 1. The van der Waals surface area contributed by atoms with Crippen molar-refractivity contribution >= 4 is 21.6 Å². The van der Waals surface area contributed by atoms with Crippen LogP contribution in [0.1, 0.15) is 28.8 Å². The van der Waals surface area contributed by atoms with Crippen LogP contribution in [0.3, 0.4) is 0 Å². The highest BCUT2D eigenvalue weighted by molar-refractivity contribution is 7.18.